The monoisotopic (exact) mass is 407 g/mol. The molecule has 0 aliphatic heterocycles. The standard InChI is InChI=1S/C27H37NO2/c1-3-28(4-2)19-18-26-15-8-9-16-27(26,29)17-14-23-12-13-24(20-25(23)26)30-21-22-10-6-5-7-11-22/h5-7,10-13,20,29H,3-4,8-9,14-19,21H2,1-2H3. The third-order valence-electron chi connectivity index (χ3n) is 7.74. The number of hydrogen-bond acceptors (Lipinski definition) is 3. The van der Waals surface area contributed by atoms with Crippen LogP contribution >= 0.6 is 0 Å². The second-order valence-electron chi connectivity index (χ2n) is 9.19. The van der Waals surface area contributed by atoms with Crippen LogP contribution in [0.4, 0.5) is 0 Å². The molecule has 0 bridgehead atoms. The van der Waals surface area contributed by atoms with Crippen LogP contribution in [0.3, 0.4) is 0 Å². The second kappa shape index (κ2) is 9.11. The van der Waals surface area contributed by atoms with Gasteiger partial charge in [-0.1, -0.05) is 63.1 Å². The van der Waals surface area contributed by atoms with Crippen LogP contribution in [0.2, 0.25) is 0 Å². The Bertz CT molecular complexity index is 832. The smallest absolute Gasteiger partial charge is 0.120 e. The van der Waals surface area contributed by atoms with Crippen LogP contribution in [0.1, 0.15) is 69.1 Å². The van der Waals surface area contributed by atoms with Gasteiger partial charge in [0.1, 0.15) is 12.4 Å². The molecule has 2 aromatic carbocycles. The molecule has 1 fully saturated rings. The zero-order valence-electron chi connectivity index (χ0n) is 18.7. The van der Waals surface area contributed by atoms with E-state index in [1.165, 1.54) is 23.1 Å². The Hall–Kier alpha value is -1.84. The number of ether oxygens (including phenoxy) is 1. The summed E-state index contributed by atoms with van der Waals surface area (Å²) >= 11 is 0. The van der Waals surface area contributed by atoms with E-state index in [1.807, 2.05) is 6.07 Å². The van der Waals surface area contributed by atoms with Crippen molar-refractivity contribution in [2.24, 2.45) is 0 Å². The fraction of sp³-hybridized carbons (Fsp3) is 0.556. The van der Waals surface area contributed by atoms with Gasteiger partial charge in [0.25, 0.3) is 0 Å². The topological polar surface area (TPSA) is 32.7 Å². The Morgan fingerprint density at radius 3 is 2.50 bits per heavy atom. The van der Waals surface area contributed by atoms with Crippen molar-refractivity contribution >= 4 is 0 Å². The van der Waals surface area contributed by atoms with Gasteiger partial charge in [-0.05, 0) is 80.6 Å². The summed E-state index contributed by atoms with van der Waals surface area (Å²) in [4.78, 5) is 2.49. The van der Waals surface area contributed by atoms with Crippen LogP contribution in [0.25, 0.3) is 0 Å². The van der Waals surface area contributed by atoms with Gasteiger partial charge in [-0.15, -0.1) is 0 Å². The summed E-state index contributed by atoms with van der Waals surface area (Å²) in [7, 11) is 0. The van der Waals surface area contributed by atoms with Gasteiger partial charge in [-0.25, -0.2) is 0 Å². The van der Waals surface area contributed by atoms with E-state index < -0.39 is 5.60 Å². The van der Waals surface area contributed by atoms with Crippen LogP contribution in [0.5, 0.6) is 5.75 Å². The maximum Gasteiger partial charge on any atom is 0.120 e. The number of rotatable bonds is 8. The van der Waals surface area contributed by atoms with Crippen LogP contribution in [0, 0.1) is 0 Å². The van der Waals surface area contributed by atoms with Crippen molar-refractivity contribution in [3.8, 4) is 5.75 Å². The van der Waals surface area contributed by atoms with Crippen molar-refractivity contribution in [3.05, 3.63) is 65.2 Å². The summed E-state index contributed by atoms with van der Waals surface area (Å²) < 4.78 is 6.19. The summed E-state index contributed by atoms with van der Waals surface area (Å²) in [5.74, 6) is 0.926. The lowest BCUT2D eigenvalue weighted by atomic mass is 9.53. The molecule has 1 N–H and O–H groups in total. The first-order valence-corrected chi connectivity index (χ1v) is 11.8. The Morgan fingerprint density at radius 1 is 0.967 bits per heavy atom. The largest absolute Gasteiger partial charge is 0.489 e. The zero-order chi connectivity index (χ0) is 21.0. The van der Waals surface area contributed by atoms with E-state index in [0.29, 0.717) is 6.61 Å². The van der Waals surface area contributed by atoms with E-state index >= 15 is 0 Å². The maximum absolute atomic E-state index is 11.9. The molecule has 2 aliphatic carbocycles. The van der Waals surface area contributed by atoms with E-state index in [4.69, 9.17) is 4.74 Å². The molecule has 30 heavy (non-hydrogen) atoms. The molecule has 2 unspecified atom stereocenters. The summed E-state index contributed by atoms with van der Waals surface area (Å²) in [5.41, 5.74) is 3.22. The highest BCUT2D eigenvalue weighted by atomic mass is 16.5. The summed E-state index contributed by atoms with van der Waals surface area (Å²) in [6.45, 7) is 8.23. The van der Waals surface area contributed by atoms with Gasteiger partial charge < -0.3 is 14.7 Å². The van der Waals surface area contributed by atoms with Gasteiger partial charge in [0, 0.05) is 5.41 Å². The van der Waals surface area contributed by atoms with E-state index in [9.17, 15) is 5.11 Å². The molecule has 162 valence electrons. The quantitative estimate of drug-likeness (QED) is 0.628. The first-order valence-electron chi connectivity index (χ1n) is 11.8. The third-order valence-corrected chi connectivity index (χ3v) is 7.74. The number of hydrogen-bond donors (Lipinski definition) is 1. The average molecular weight is 408 g/mol. The molecule has 0 heterocycles. The lowest BCUT2D eigenvalue weighted by molar-refractivity contribution is -0.0894. The van der Waals surface area contributed by atoms with E-state index in [-0.39, 0.29) is 5.41 Å². The molecule has 3 nitrogen and oxygen atoms in total. The summed E-state index contributed by atoms with van der Waals surface area (Å²) in [6.07, 6.45) is 7.25. The fourth-order valence-electron chi connectivity index (χ4n) is 5.84. The van der Waals surface area contributed by atoms with Gasteiger partial charge in [-0.2, -0.15) is 0 Å². The van der Waals surface area contributed by atoms with Crippen LogP contribution in [0.15, 0.2) is 48.5 Å². The third kappa shape index (κ3) is 4.02. The van der Waals surface area contributed by atoms with E-state index in [1.54, 1.807) is 0 Å². The number of nitrogens with zero attached hydrogens (tertiary/aromatic N) is 1. The molecular weight excluding hydrogens is 370 g/mol. The van der Waals surface area contributed by atoms with Crippen molar-refractivity contribution in [3.63, 3.8) is 0 Å². The normalized spacial score (nSPS) is 25.6. The molecule has 4 rings (SSSR count). The number of aryl methyl sites for hydroxylation is 1. The van der Waals surface area contributed by atoms with Crippen LogP contribution in [-0.2, 0) is 18.4 Å². The Morgan fingerprint density at radius 2 is 1.73 bits per heavy atom. The SMILES string of the molecule is CCN(CC)CCC12CCCCC1(O)CCc1ccc(OCc3ccccc3)cc12. The zero-order valence-corrected chi connectivity index (χ0v) is 18.7. The number of fused-ring (bicyclic) bond motifs is 3. The van der Waals surface area contributed by atoms with E-state index in [2.05, 4.69) is 61.2 Å². The van der Waals surface area contributed by atoms with E-state index in [0.717, 1.165) is 63.9 Å². The predicted octanol–water partition coefficient (Wildman–Crippen LogP) is 5.49. The van der Waals surface area contributed by atoms with Crippen molar-refractivity contribution in [1.29, 1.82) is 0 Å². The summed E-state index contributed by atoms with van der Waals surface area (Å²) in [6, 6.07) is 17.0. The first kappa shape index (κ1) is 21.4. The second-order valence-corrected chi connectivity index (χ2v) is 9.19. The highest BCUT2D eigenvalue weighted by Gasteiger charge is 2.54. The number of aliphatic hydroxyl groups is 1. The van der Waals surface area contributed by atoms with Gasteiger partial charge >= 0.3 is 0 Å². The minimum absolute atomic E-state index is 0.145. The Kier molecular flexibility index (Phi) is 6.50. The molecule has 0 aromatic heterocycles. The van der Waals surface area contributed by atoms with Gasteiger partial charge in [0.05, 0.1) is 5.60 Å². The molecule has 2 aromatic rings. The average Bonchev–Trinajstić information content (AvgIpc) is 2.79. The van der Waals surface area contributed by atoms with Gasteiger partial charge in [0.15, 0.2) is 0 Å². The molecule has 1 saturated carbocycles. The maximum atomic E-state index is 11.9. The lowest BCUT2D eigenvalue weighted by Gasteiger charge is -2.55. The predicted molar refractivity (Wildman–Crippen MR) is 123 cm³/mol. The minimum atomic E-state index is -0.580. The highest BCUT2D eigenvalue weighted by molar-refractivity contribution is 5.46. The Balaban J connectivity index is 1.64. The molecule has 0 saturated heterocycles. The fourth-order valence-corrected chi connectivity index (χ4v) is 5.84. The molecular formula is C27H37NO2. The highest BCUT2D eigenvalue weighted by Crippen LogP contribution is 2.55. The van der Waals surface area contributed by atoms with Crippen molar-refractivity contribution in [2.75, 3.05) is 19.6 Å². The summed E-state index contributed by atoms with van der Waals surface area (Å²) in [5, 5.41) is 11.9. The van der Waals surface area contributed by atoms with Crippen LogP contribution < -0.4 is 4.74 Å². The van der Waals surface area contributed by atoms with Crippen molar-refractivity contribution < 1.29 is 9.84 Å². The van der Waals surface area contributed by atoms with Gasteiger partial charge in [0.2, 0.25) is 0 Å². The molecule has 0 amide bonds. The van der Waals surface area contributed by atoms with Crippen molar-refractivity contribution in [1.82, 2.24) is 4.90 Å². The minimum Gasteiger partial charge on any atom is -0.489 e. The molecule has 0 radical (unpaired) electrons. The van der Waals surface area contributed by atoms with Gasteiger partial charge in [-0.3, -0.25) is 0 Å². The van der Waals surface area contributed by atoms with Crippen LogP contribution in [-0.4, -0.2) is 35.2 Å². The molecule has 3 heteroatoms. The molecule has 2 aliphatic rings. The Labute approximate surface area is 182 Å². The van der Waals surface area contributed by atoms with Crippen molar-refractivity contribution in [2.45, 2.75) is 76.4 Å². The lowest BCUT2D eigenvalue weighted by Crippen LogP contribution is -2.57. The molecule has 0 spiro atoms. The molecule has 2 atom stereocenters. The number of benzene rings is 2. The first-order chi connectivity index (χ1) is 14.6.